The molecule has 0 aliphatic heterocycles. The van der Waals surface area contributed by atoms with Crippen LogP contribution in [0.2, 0.25) is 5.15 Å². The van der Waals surface area contributed by atoms with Gasteiger partial charge in [0, 0.05) is 6.20 Å². The topological polar surface area (TPSA) is 12.9 Å². The SMILES string of the molecule is CCCC(CC)c1ccc(Cl)nc1. The molecule has 13 heavy (non-hydrogen) atoms. The minimum atomic E-state index is 0.579. The van der Waals surface area contributed by atoms with E-state index < -0.39 is 0 Å². The lowest BCUT2D eigenvalue weighted by atomic mass is 9.94. The van der Waals surface area contributed by atoms with Gasteiger partial charge in [-0.3, -0.25) is 0 Å². The van der Waals surface area contributed by atoms with Crippen molar-refractivity contribution in [2.45, 2.75) is 39.0 Å². The second-order valence-corrected chi connectivity index (χ2v) is 3.70. The highest BCUT2D eigenvalue weighted by Crippen LogP contribution is 2.24. The predicted octanol–water partition coefficient (Wildman–Crippen LogP) is 4.03. The first-order valence-electron chi connectivity index (χ1n) is 4.89. The van der Waals surface area contributed by atoms with Crippen LogP contribution in [0.15, 0.2) is 18.3 Å². The molecule has 2 heteroatoms. The molecule has 0 saturated heterocycles. The Kier molecular flexibility index (Phi) is 4.23. The molecule has 0 aromatic carbocycles. The third-order valence-electron chi connectivity index (χ3n) is 2.35. The van der Waals surface area contributed by atoms with E-state index in [1.807, 2.05) is 12.3 Å². The standard InChI is InChI=1S/C11H16ClN/c1-3-5-9(4-2)10-6-7-11(12)13-8-10/h6-9H,3-5H2,1-2H3. The van der Waals surface area contributed by atoms with E-state index in [1.165, 1.54) is 24.8 Å². The largest absolute Gasteiger partial charge is 0.244 e. The van der Waals surface area contributed by atoms with Gasteiger partial charge in [0.25, 0.3) is 0 Å². The number of pyridine rings is 1. The lowest BCUT2D eigenvalue weighted by molar-refractivity contribution is 0.594. The molecule has 0 amide bonds. The fourth-order valence-electron chi connectivity index (χ4n) is 1.58. The average Bonchev–Trinajstić information content (AvgIpc) is 2.16. The molecule has 0 radical (unpaired) electrons. The molecule has 1 atom stereocenters. The number of nitrogens with zero attached hydrogens (tertiary/aromatic N) is 1. The van der Waals surface area contributed by atoms with Crippen LogP contribution in [0.25, 0.3) is 0 Å². The van der Waals surface area contributed by atoms with Crippen molar-refractivity contribution < 1.29 is 0 Å². The molecule has 1 nitrogen and oxygen atoms in total. The Balaban J connectivity index is 2.73. The van der Waals surface area contributed by atoms with Crippen molar-refractivity contribution in [2.75, 3.05) is 0 Å². The summed E-state index contributed by atoms with van der Waals surface area (Å²) in [5.41, 5.74) is 1.31. The van der Waals surface area contributed by atoms with Crippen molar-refractivity contribution in [3.63, 3.8) is 0 Å². The first-order chi connectivity index (χ1) is 6.27. The Labute approximate surface area is 85.1 Å². The molecular formula is C11H16ClN. The lowest BCUT2D eigenvalue weighted by Gasteiger charge is -2.13. The maximum atomic E-state index is 5.73. The highest BCUT2D eigenvalue weighted by Gasteiger charge is 2.07. The van der Waals surface area contributed by atoms with Crippen molar-refractivity contribution in [1.82, 2.24) is 4.98 Å². The van der Waals surface area contributed by atoms with Crippen LogP contribution < -0.4 is 0 Å². The summed E-state index contributed by atoms with van der Waals surface area (Å²) >= 11 is 5.73. The molecule has 1 rings (SSSR count). The van der Waals surface area contributed by atoms with Crippen LogP contribution in [0.4, 0.5) is 0 Å². The van der Waals surface area contributed by atoms with Gasteiger partial charge in [0.05, 0.1) is 0 Å². The molecule has 0 spiro atoms. The van der Waals surface area contributed by atoms with Crippen LogP contribution in [-0.4, -0.2) is 4.98 Å². The van der Waals surface area contributed by atoms with Gasteiger partial charge in [0.1, 0.15) is 5.15 Å². The second kappa shape index (κ2) is 5.23. The van der Waals surface area contributed by atoms with Crippen LogP contribution in [-0.2, 0) is 0 Å². The third-order valence-corrected chi connectivity index (χ3v) is 2.58. The van der Waals surface area contributed by atoms with E-state index in [1.54, 1.807) is 0 Å². The summed E-state index contributed by atoms with van der Waals surface area (Å²) < 4.78 is 0. The van der Waals surface area contributed by atoms with E-state index in [0.29, 0.717) is 11.1 Å². The maximum Gasteiger partial charge on any atom is 0.129 e. The van der Waals surface area contributed by atoms with Crippen molar-refractivity contribution >= 4 is 11.6 Å². The maximum absolute atomic E-state index is 5.73. The Bertz CT molecular complexity index is 243. The van der Waals surface area contributed by atoms with E-state index in [2.05, 4.69) is 24.9 Å². The van der Waals surface area contributed by atoms with Gasteiger partial charge in [-0.2, -0.15) is 0 Å². The minimum Gasteiger partial charge on any atom is -0.244 e. The van der Waals surface area contributed by atoms with E-state index in [4.69, 9.17) is 11.6 Å². The van der Waals surface area contributed by atoms with Gasteiger partial charge >= 0.3 is 0 Å². The first-order valence-corrected chi connectivity index (χ1v) is 5.27. The molecule has 1 unspecified atom stereocenters. The summed E-state index contributed by atoms with van der Waals surface area (Å²) in [4.78, 5) is 4.10. The third kappa shape index (κ3) is 3.00. The van der Waals surface area contributed by atoms with Crippen molar-refractivity contribution in [3.8, 4) is 0 Å². The Hall–Kier alpha value is -0.560. The lowest BCUT2D eigenvalue weighted by Crippen LogP contribution is -1.97. The highest BCUT2D eigenvalue weighted by molar-refractivity contribution is 6.29. The van der Waals surface area contributed by atoms with Gasteiger partial charge < -0.3 is 0 Å². The van der Waals surface area contributed by atoms with Crippen LogP contribution in [0, 0.1) is 0 Å². The van der Waals surface area contributed by atoms with Crippen molar-refractivity contribution in [2.24, 2.45) is 0 Å². The van der Waals surface area contributed by atoms with Crippen LogP contribution in [0.3, 0.4) is 0 Å². The molecule has 0 aliphatic carbocycles. The smallest absolute Gasteiger partial charge is 0.129 e. The molecule has 0 fully saturated rings. The number of hydrogen-bond acceptors (Lipinski definition) is 1. The monoisotopic (exact) mass is 197 g/mol. The summed E-state index contributed by atoms with van der Waals surface area (Å²) in [6, 6.07) is 3.95. The predicted molar refractivity (Wildman–Crippen MR) is 57.2 cm³/mol. The zero-order valence-corrected chi connectivity index (χ0v) is 9.01. The molecule has 0 saturated carbocycles. The second-order valence-electron chi connectivity index (χ2n) is 3.31. The summed E-state index contributed by atoms with van der Waals surface area (Å²) in [5, 5.41) is 0.579. The normalized spacial score (nSPS) is 12.8. The van der Waals surface area contributed by atoms with Gasteiger partial charge in [-0.15, -0.1) is 0 Å². The molecule has 0 aliphatic rings. The first kappa shape index (κ1) is 10.5. The molecule has 1 aromatic heterocycles. The Morgan fingerprint density at radius 2 is 2.15 bits per heavy atom. The Morgan fingerprint density at radius 1 is 1.38 bits per heavy atom. The van der Waals surface area contributed by atoms with Gasteiger partial charge in [-0.1, -0.05) is 37.9 Å². The zero-order chi connectivity index (χ0) is 9.68. The van der Waals surface area contributed by atoms with Gasteiger partial charge in [0.2, 0.25) is 0 Å². The zero-order valence-electron chi connectivity index (χ0n) is 8.26. The highest BCUT2D eigenvalue weighted by atomic mass is 35.5. The van der Waals surface area contributed by atoms with Crippen molar-refractivity contribution in [3.05, 3.63) is 29.0 Å². The summed E-state index contributed by atoms with van der Waals surface area (Å²) in [7, 11) is 0. The van der Waals surface area contributed by atoms with Crippen LogP contribution >= 0.6 is 11.6 Å². The molecule has 72 valence electrons. The minimum absolute atomic E-state index is 0.579. The van der Waals surface area contributed by atoms with Gasteiger partial charge in [-0.05, 0) is 30.4 Å². The molecule has 0 bridgehead atoms. The van der Waals surface area contributed by atoms with E-state index in [-0.39, 0.29) is 0 Å². The average molecular weight is 198 g/mol. The fourth-order valence-corrected chi connectivity index (χ4v) is 1.70. The molecule has 1 aromatic rings. The van der Waals surface area contributed by atoms with E-state index in [0.717, 1.165) is 0 Å². The van der Waals surface area contributed by atoms with Crippen LogP contribution in [0.5, 0.6) is 0 Å². The molecule has 1 heterocycles. The number of aromatic nitrogens is 1. The number of hydrogen-bond donors (Lipinski definition) is 0. The molecular weight excluding hydrogens is 182 g/mol. The van der Waals surface area contributed by atoms with Gasteiger partial charge in [-0.25, -0.2) is 4.98 Å². The summed E-state index contributed by atoms with van der Waals surface area (Å²) in [6.07, 6.45) is 5.53. The summed E-state index contributed by atoms with van der Waals surface area (Å²) in [5.74, 6) is 0.648. The number of halogens is 1. The van der Waals surface area contributed by atoms with E-state index >= 15 is 0 Å². The molecule has 0 N–H and O–H groups in total. The van der Waals surface area contributed by atoms with E-state index in [9.17, 15) is 0 Å². The number of rotatable bonds is 4. The van der Waals surface area contributed by atoms with Crippen molar-refractivity contribution in [1.29, 1.82) is 0 Å². The van der Waals surface area contributed by atoms with Crippen LogP contribution in [0.1, 0.15) is 44.6 Å². The fraction of sp³-hybridized carbons (Fsp3) is 0.545. The quantitative estimate of drug-likeness (QED) is 0.665. The van der Waals surface area contributed by atoms with Gasteiger partial charge in [0.15, 0.2) is 0 Å². The summed E-state index contributed by atoms with van der Waals surface area (Å²) in [6.45, 7) is 4.43. The Morgan fingerprint density at radius 3 is 2.62 bits per heavy atom.